The molecule has 3 atom stereocenters. The Labute approximate surface area is 193 Å². The van der Waals surface area contributed by atoms with Crippen molar-refractivity contribution in [1.29, 1.82) is 5.26 Å². The molecule has 5 rings (SSSR count). The molecule has 2 heterocycles. The highest BCUT2D eigenvalue weighted by atomic mass is 19.1. The maximum absolute atomic E-state index is 13.5. The van der Waals surface area contributed by atoms with E-state index < -0.39 is 0 Å². The summed E-state index contributed by atoms with van der Waals surface area (Å²) in [5.41, 5.74) is 2.63. The van der Waals surface area contributed by atoms with E-state index in [-0.39, 0.29) is 11.9 Å². The Hall–Kier alpha value is -3.24. The summed E-state index contributed by atoms with van der Waals surface area (Å²) < 4.78 is 13.5. The van der Waals surface area contributed by atoms with Gasteiger partial charge in [0.05, 0.1) is 17.1 Å². The molecule has 6 nitrogen and oxygen atoms in total. The van der Waals surface area contributed by atoms with Crippen LogP contribution in [0.15, 0.2) is 48.7 Å². The van der Waals surface area contributed by atoms with Gasteiger partial charge >= 0.3 is 0 Å². The third kappa shape index (κ3) is 5.07. The number of hydrogen-bond acceptors (Lipinski definition) is 6. The summed E-state index contributed by atoms with van der Waals surface area (Å²) in [5, 5.41) is 17.3. The van der Waals surface area contributed by atoms with Crippen molar-refractivity contribution in [2.75, 3.05) is 23.3 Å². The molecule has 2 aliphatic rings. The number of nitriles is 1. The Kier molecular flexibility index (Phi) is 6.36. The molecule has 1 aromatic heterocycles. The van der Waals surface area contributed by atoms with E-state index in [0.717, 1.165) is 44.3 Å². The molecule has 3 aromatic rings. The lowest BCUT2D eigenvalue weighted by Crippen LogP contribution is -2.55. The zero-order valence-electron chi connectivity index (χ0n) is 18.7. The van der Waals surface area contributed by atoms with Gasteiger partial charge in [0, 0.05) is 48.5 Å². The van der Waals surface area contributed by atoms with Gasteiger partial charge in [-0.15, -0.1) is 0 Å². The monoisotopic (exact) mass is 444 g/mol. The number of benzene rings is 2. The smallest absolute Gasteiger partial charge is 0.223 e. The fraction of sp³-hybridized carbons (Fsp3) is 0.423. The van der Waals surface area contributed by atoms with Gasteiger partial charge in [-0.3, -0.25) is 0 Å². The predicted molar refractivity (Wildman–Crippen MR) is 129 cm³/mol. The summed E-state index contributed by atoms with van der Waals surface area (Å²) >= 11 is 0. The van der Waals surface area contributed by atoms with Gasteiger partial charge in [-0.05, 0) is 68.1 Å². The predicted octanol–water partition coefficient (Wildman–Crippen LogP) is 4.62. The van der Waals surface area contributed by atoms with E-state index in [0.29, 0.717) is 29.0 Å². The van der Waals surface area contributed by atoms with E-state index in [2.05, 4.69) is 43.7 Å². The first-order chi connectivity index (χ1) is 16.2. The molecule has 1 aliphatic heterocycles. The maximum Gasteiger partial charge on any atom is 0.223 e. The summed E-state index contributed by atoms with van der Waals surface area (Å²) in [6.07, 6.45) is 8.62. The average Bonchev–Trinajstić information content (AvgIpc) is 2.85. The van der Waals surface area contributed by atoms with Crippen LogP contribution in [0.3, 0.4) is 0 Å². The van der Waals surface area contributed by atoms with Gasteiger partial charge in [-0.2, -0.15) is 5.26 Å². The Bertz CT molecular complexity index is 1140. The summed E-state index contributed by atoms with van der Waals surface area (Å²) in [6.45, 7) is 2.01. The Morgan fingerprint density at radius 1 is 1.00 bits per heavy atom. The molecule has 7 heteroatoms. The van der Waals surface area contributed by atoms with Crippen molar-refractivity contribution in [3.63, 3.8) is 0 Å². The van der Waals surface area contributed by atoms with E-state index in [1.807, 2.05) is 12.1 Å². The minimum absolute atomic E-state index is 0.266. The number of piperidine rings is 1. The SMILES string of the molecule is N#Cc1ccc(N2CCC[C@H](N[C@@H]3CCCC[C@H]3Nc3ncc4cc(F)ccc4n3)C2)cc1. The Balaban J connectivity index is 1.25. The fourth-order valence-electron chi connectivity index (χ4n) is 5.14. The molecule has 33 heavy (non-hydrogen) atoms. The summed E-state index contributed by atoms with van der Waals surface area (Å²) in [4.78, 5) is 11.5. The van der Waals surface area contributed by atoms with Crippen molar-refractivity contribution in [2.24, 2.45) is 0 Å². The van der Waals surface area contributed by atoms with E-state index >= 15 is 0 Å². The molecule has 1 aliphatic carbocycles. The molecular formula is C26H29FN6. The van der Waals surface area contributed by atoms with Crippen LogP contribution in [0.4, 0.5) is 16.0 Å². The second-order valence-corrected chi connectivity index (χ2v) is 9.15. The van der Waals surface area contributed by atoms with Crippen LogP contribution in [0, 0.1) is 17.1 Å². The molecule has 0 amide bonds. The minimum atomic E-state index is -0.272. The summed E-state index contributed by atoms with van der Waals surface area (Å²) in [7, 11) is 0. The van der Waals surface area contributed by atoms with E-state index in [9.17, 15) is 4.39 Å². The number of halogens is 1. The topological polar surface area (TPSA) is 76.9 Å². The van der Waals surface area contributed by atoms with Gasteiger partial charge in [0.15, 0.2) is 0 Å². The first kappa shape index (κ1) is 21.6. The lowest BCUT2D eigenvalue weighted by Gasteiger charge is -2.40. The van der Waals surface area contributed by atoms with Gasteiger partial charge in [0.1, 0.15) is 5.82 Å². The lowest BCUT2D eigenvalue weighted by atomic mass is 9.89. The summed E-state index contributed by atoms with van der Waals surface area (Å²) in [6, 6.07) is 15.7. The second kappa shape index (κ2) is 9.72. The standard InChI is InChI=1S/C26H29FN6/c27-20-9-12-23-19(14-20)16-29-26(31-23)32-25-6-2-1-5-24(25)30-21-4-3-13-33(17-21)22-10-7-18(15-28)8-11-22/h7-12,14,16,21,24-25,30H,1-6,13,17H2,(H,29,31,32)/t21-,24+,25+/m0/s1. The molecule has 0 radical (unpaired) electrons. The van der Waals surface area contributed by atoms with Crippen LogP contribution < -0.4 is 15.5 Å². The number of anilines is 2. The number of nitrogens with zero attached hydrogens (tertiary/aromatic N) is 4. The van der Waals surface area contributed by atoms with Crippen molar-refractivity contribution >= 4 is 22.5 Å². The number of nitrogens with one attached hydrogen (secondary N) is 2. The number of rotatable bonds is 5. The highest BCUT2D eigenvalue weighted by molar-refractivity contribution is 5.78. The molecule has 2 fully saturated rings. The van der Waals surface area contributed by atoms with Crippen molar-refractivity contribution in [2.45, 2.75) is 56.7 Å². The number of hydrogen-bond donors (Lipinski definition) is 2. The third-order valence-electron chi connectivity index (χ3n) is 6.86. The summed E-state index contributed by atoms with van der Waals surface area (Å²) in [5.74, 6) is 0.335. The largest absolute Gasteiger partial charge is 0.370 e. The molecule has 170 valence electrons. The normalized spacial score (nSPS) is 23.3. The third-order valence-corrected chi connectivity index (χ3v) is 6.86. The van der Waals surface area contributed by atoms with Crippen molar-refractivity contribution in [3.8, 4) is 6.07 Å². The molecule has 0 bridgehead atoms. The highest BCUT2D eigenvalue weighted by Gasteiger charge is 2.29. The highest BCUT2D eigenvalue weighted by Crippen LogP contribution is 2.25. The Morgan fingerprint density at radius 3 is 2.64 bits per heavy atom. The molecule has 2 aromatic carbocycles. The van der Waals surface area contributed by atoms with E-state index in [1.165, 1.54) is 30.7 Å². The zero-order valence-corrected chi connectivity index (χ0v) is 18.7. The van der Waals surface area contributed by atoms with Crippen LogP contribution in [0.2, 0.25) is 0 Å². The van der Waals surface area contributed by atoms with Crippen LogP contribution in [0.25, 0.3) is 10.9 Å². The molecule has 2 N–H and O–H groups in total. The van der Waals surface area contributed by atoms with Gasteiger partial charge in [0.2, 0.25) is 5.95 Å². The average molecular weight is 445 g/mol. The van der Waals surface area contributed by atoms with Crippen LogP contribution >= 0.6 is 0 Å². The maximum atomic E-state index is 13.5. The van der Waals surface area contributed by atoms with Crippen molar-refractivity contribution in [1.82, 2.24) is 15.3 Å². The fourth-order valence-corrected chi connectivity index (χ4v) is 5.14. The Morgan fingerprint density at radius 2 is 1.82 bits per heavy atom. The zero-order chi connectivity index (χ0) is 22.6. The van der Waals surface area contributed by atoms with Gasteiger partial charge in [0.25, 0.3) is 0 Å². The molecule has 0 unspecified atom stereocenters. The first-order valence-electron chi connectivity index (χ1n) is 11.9. The van der Waals surface area contributed by atoms with Crippen molar-refractivity contribution in [3.05, 3.63) is 60.0 Å². The van der Waals surface area contributed by atoms with E-state index in [1.54, 1.807) is 12.3 Å². The molecule has 1 saturated carbocycles. The first-order valence-corrected chi connectivity index (χ1v) is 11.9. The van der Waals surface area contributed by atoms with Gasteiger partial charge in [-0.1, -0.05) is 12.8 Å². The number of aromatic nitrogens is 2. The lowest BCUT2D eigenvalue weighted by molar-refractivity contribution is 0.293. The van der Waals surface area contributed by atoms with Crippen LogP contribution in [0.1, 0.15) is 44.1 Å². The molecular weight excluding hydrogens is 415 g/mol. The molecule has 1 saturated heterocycles. The van der Waals surface area contributed by atoms with E-state index in [4.69, 9.17) is 5.26 Å². The van der Waals surface area contributed by atoms with Crippen molar-refractivity contribution < 1.29 is 4.39 Å². The van der Waals surface area contributed by atoms with Crippen LogP contribution in [0.5, 0.6) is 0 Å². The quantitative estimate of drug-likeness (QED) is 0.598. The van der Waals surface area contributed by atoms with Gasteiger partial charge < -0.3 is 15.5 Å². The molecule has 0 spiro atoms. The number of fused-ring (bicyclic) bond motifs is 1. The minimum Gasteiger partial charge on any atom is -0.370 e. The van der Waals surface area contributed by atoms with Crippen LogP contribution in [-0.4, -0.2) is 41.2 Å². The van der Waals surface area contributed by atoms with Gasteiger partial charge in [-0.25, -0.2) is 14.4 Å². The second-order valence-electron chi connectivity index (χ2n) is 9.15. The van der Waals surface area contributed by atoms with Crippen LogP contribution in [-0.2, 0) is 0 Å².